The van der Waals surface area contributed by atoms with Crippen LogP contribution in [0.1, 0.15) is 19.4 Å². The summed E-state index contributed by atoms with van der Waals surface area (Å²) in [7, 11) is 1.58. The van der Waals surface area contributed by atoms with Crippen LogP contribution in [0.2, 0.25) is 0 Å². The fraction of sp³-hybridized carbons (Fsp3) is 0.450. The standard InChI is InChI=1S/C20H26N2O6/c1-14(20(25)28-15(2)19(24)22-10-12-27-13-11-22)21-18(23)9-6-16-4-7-17(26-3)8-5-16/h4-9,14-15H,10-13H2,1-3H3,(H,21,23)/b9-6+/t14-,15?/m0/s1. The van der Waals surface area contributed by atoms with E-state index in [0.717, 1.165) is 11.3 Å². The van der Waals surface area contributed by atoms with Crippen molar-refractivity contribution in [2.75, 3.05) is 33.4 Å². The van der Waals surface area contributed by atoms with E-state index in [1.165, 1.54) is 19.9 Å². The van der Waals surface area contributed by atoms with E-state index < -0.39 is 24.0 Å². The van der Waals surface area contributed by atoms with Gasteiger partial charge in [0.25, 0.3) is 5.91 Å². The van der Waals surface area contributed by atoms with E-state index in [1.807, 2.05) is 0 Å². The van der Waals surface area contributed by atoms with Crippen LogP contribution in [0.5, 0.6) is 5.75 Å². The summed E-state index contributed by atoms with van der Waals surface area (Å²) in [5, 5.41) is 2.53. The molecule has 152 valence electrons. The number of hydrogen-bond donors (Lipinski definition) is 1. The predicted molar refractivity (Wildman–Crippen MR) is 103 cm³/mol. The summed E-state index contributed by atoms with van der Waals surface area (Å²) < 4.78 is 15.5. The maximum atomic E-state index is 12.3. The van der Waals surface area contributed by atoms with E-state index in [-0.39, 0.29) is 5.91 Å². The van der Waals surface area contributed by atoms with Gasteiger partial charge in [0.2, 0.25) is 5.91 Å². The van der Waals surface area contributed by atoms with Gasteiger partial charge in [0.1, 0.15) is 11.8 Å². The number of carbonyl (C=O) groups is 3. The molecule has 2 atom stereocenters. The van der Waals surface area contributed by atoms with Gasteiger partial charge in [-0.05, 0) is 37.6 Å². The number of esters is 1. The molecule has 2 amide bonds. The molecule has 8 heteroatoms. The molecule has 1 aliphatic rings. The van der Waals surface area contributed by atoms with E-state index in [1.54, 1.807) is 42.4 Å². The van der Waals surface area contributed by atoms with Crippen LogP contribution in [0, 0.1) is 0 Å². The Morgan fingerprint density at radius 1 is 1.14 bits per heavy atom. The molecular formula is C20H26N2O6. The van der Waals surface area contributed by atoms with Crippen molar-refractivity contribution >= 4 is 23.9 Å². The van der Waals surface area contributed by atoms with Gasteiger partial charge in [0, 0.05) is 19.2 Å². The van der Waals surface area contributed by atoms with Gasteiger partial charge in [-0.1, -0.05) is 12.1 Å². The molecule has 0 spiro atoms. The maximum absolute atomic E-state index is 12.3. The molecule has 1 unspecified atom stereocenters. The number of morpholine rings is 1. The van der Waals surface area contributed by atoms with Gasteiger partial charge in [-0.25, -0.2) is 4.79 Å². The Kier molecular flexibility index (Phi) is 8.01. The Morgan fingerprint density at radius 3 is 2.39 bits per heavy atom. The second-order valence-electron chi connectivity index (χ2n) is 6.35. The second kappa shape index (κ2) is 10.5. The predicted octanol–water partition coefficient (Wildman–Crippen LogP) is 1.00. The van der Waals surface area contributed by atoms with Crippen molar-refractivity contribution in [3.63, 3.8) is 0 Å². The third kappa shape index (κ3) is 6.38. The van der Waals surface area contributed by atoms with Crippen LogP contribution < -0.4 is 10.1 Å². The van der Waals surface area contributed by atoms with Crippen LogP contribution in [0.4, 0.5) is 0 Å². The summed E-state index contributed by atoms with van der Waals surface area (Å²) in [5.74, 6) is -0.652. The number of benzene rings is 1. The Labute approximate surface area is 164 Å². The first-order valence-corrected chi connectivity index (χ1v) is 9.10. The van der Waals surface area contributed by atoms with Crippen LogP contribution in [0.25, 0.3) is 6.08 Å². The number of methoxy groups -OCH3 is 1. The van der Waals surface area contributed by atoms with E-state index in [4.69, 9.17) is 14.2 Å². The van der Waals surface area contributed by atoms with Crippen molar-refractivity contribution in [1.29, 1.82) is 0 Å². The summed E-state index contributed by atoms with van der Waals surface area (Å²) in [6, 6.07) is 6.29. The minimum Gasteiger partial charge on any atom is -0.497 e. The van der Waals surface area contributed by atoms with Crippen LogP contribution in [-0.4, -0.2) is 68.2 Å². The smallest absolute Gasteiger partial charge is 0.329 e. The summed E-state index contributed by atoms with van der Waals surface area (Å²) in [5.41, 5.74) is 0.816. The molecule has 2 rings (SSSR count). The molecule has 8 nitrogen and oxygen atoms in total. The monoisotopic (exact) mass is 390 g/mol. The molecule has 1 N–H and O–H groups in total. The lowest BCUT2D eigenvalue weighted by molar-refractivity contribution is -0.162. The lowest BCUT2D eigenvalue weighted by Gasteiger charge is -2.29. The van der Waals surface area contributed by atoms with Crippen molar-refractivity contribution < 1.29 is 28.6 Å². The van der Waals surface area contributed by atoms with Gasteiger partial charge < -0.3 is 24.4 Å². The zero-order valence-electron chi connectivity index (χ0n) is 16.3. The number of carbonyl (C=O) groups excluding carboxylic acids is 3. The third-order valence-corrected chi connectivity index (χ3v) is 4.22. The largest absolute Gasteiger partial charge is 0.497 e. The summed E-state index contributed by atoms with van der Waals surface area (Å²) in [4.78, 5) is 38.0. The fourth-order valence-corrected chi connectivity index (χ4v) is 2.57. The molecule has 0 radical (unpaired) electrons. The summed E-state index contributed by atoms with van der Waals surface area (Å²) >= 11 is 0. The molecule has 1 fully saturated rings. The topological polar surface area (TPSA) is 94.2 Å². The molecule has 0 aliphatic carbocycles. The molecule has 1 saturated heterocycles. The molecule has 1 aromatic rings. The van der Waals surface area contributed by atoms with Crippen LogP contribution in [0.15, 0.2) is 30.3 Å². The average Bonchev–Trinajstić information content (AvgIpc) is 2.72. The molecule has 1 heterocycles. The van der Waals surface area contributed by atoms with Gasteiger partial charge in [-0.3, -0.25) is 9.59 Å². The number of hydrogen-bond acceptors (Lipinski definition) is 6. The first kappa shape index (κ1) is 21.4. The van der Waals surface area contributed by atoms with E-state index in [9.17, 15) is 14.4 Å². The van der Waals surface area contributed by atoms with Crippen molar-refractivity contribution in [1.82, 2.24) is 10.2 Å². The van der Waals surface area contributed by atoms with Gasteiger partial charge >= 0.3 is 5.97 Å². The maximum Gasteiger partial charge on any atom is 0.329 e. The SMILES string of the molecule is COc1ccc(/C=C/C(=O)N[C@@H](C)C(=O)OC(C)C(=O)N2CCOCC2)cc1. The quantitative estimate of drug-likeness (QED) is 0.552. The number of amides is 2. The molecule has 1 aliphatic heterocycles. The molecule has 28 heavy (non-hydrogen) atoms. The van der Waals surface area contributed by atoms with E-state index in [2.05, 4.69) is 5.32 Å². The molecule has 0 saturated carbocycles. The Hall–Kier alpha value is -2.87. The molecule has 1 aromatic carbocycles. The normalized spacial score (nSPS) is 16.3. The Bertz CT molecular complexity index is 710. The van der Waals surface area contributed by atoms with Crippen LogP contribution in [0.3, 0.4) is 0 Å². The number of nitrogens with one attached hydrogen (secondary N) is 1. The van der Waals surface area contributed by atoms with Gasteiger partial charge in [-0.2, -0.15) is 0 Å². The van der Waals surface area contributed by atoms with Crippen LogP contribution in [-0.2, 0) is 23.9 Å². The van der Waals surface area contributed by atoms with E-state index >= 15 is 0 Å². The fourth-order valence-electron chi connectivity index (χ4n) is 2.57. The minimum atomic E-state index is -0.917. The number of nitrogens with zero attached hydrogens (tertiary/aromatic N) is 1. The average molecular weight is 390 g/mol. The molecular weight excluding hydrogens is 364 g/mol. The minimum absolute atomic E-state index is 0.269. The Balaban J connectivity index is 1.80. The third-order valence-electron chi connectivity index (χ3n) is 4.22. The van der Waals surface area contributed by atoms with Crippen molar-refractivity contribution in [2.24, 2.45) is 0 Å². The van der Waals surface area contributed by atoms with Gasteiger partial charge in [0.05, 0.1) is 20.3 Å². The second-order valence-corrected chi connectivity index (χ2v) is 6.35. The highest BCUT2D eigenvalue weighted by molar-refractivity contribution is 5.95. The zero-order chi connectivity index (χ0) is 20.5. The lowest BCUT2D eigenvalue weighted by Crippen LogP contribution is -2.47. The first-order chi connectivity index (χ1) is 13.4. The number of ether oxygens (including phenoxy) is 3. The first-order valence-electron chi connectivity index (χ1n) is 9.10. The van der Waals surface area contributed by atoms with Crippen LogP contribution >= 0.6 is 0 Å². The highest BCUT2D eigenvalue weighted by Crippen LogP contribution is 2.12. The molecule has 0 aromatic heterocycles. The van der Waals surface area contributed by atoms with Crippen molar-refractivity contribution in [3.8, 4) is 5.75 Å². The zero-order valence-corrected chi connectivity index (χ0v) is 16.3. The van der Waals surface area contributed by atoms with Gasteiger partial charge in [-0.15, -0.1) is 0 Å². The van der Waals surface area contributed by atoms with Crippen molar-refractivity contribution in [2.45, 2.75) is 26.0 Å². The van der Waals surface area contributed by atoms with Crippen molar-refractivity contribution in [3.05, 3.63) is 35.9 Å². The highest BCUT2D eigenvalue weighted by atomic mass is 16.5. The summed E-state index contributed by atoms with van der Waals surface area (Å²) in [6.45, 7) is 4.92. The van der Waals surface area contributed by atoms with E-state index in [0.29, 0.717) is 26.3 Å². The van der Waals surface area contributed by atoms with Gasteiger partial charge in [0.15, 0.2) is 6.10 Å². The molecule has 0 bridgehead atoms. The Morgan fingerprint density at radius 2 is 1.79 bits per heavy atom. The lowest BCUT2D eigenvalue weighted by atomic mass is 10.2. The number of rotatable bonds is 7. The summed E-state index contributed by atoms with van der Waals surface area (Å²) in [6.07, 6.45) is 2.03. The highest BCUT2D eigenvalue weighted by Gasteiger charge is 2.27.